The molecule has 2 aromatic rings. The standard InChI is InChI=1S/C14H12ClNO.ClH/c15-11-5-3-4-10(8-11)13-9-17-14-7-2-1-6-12(14)16-13;/h1-8,13,16H,9H2;1H. The molecule has 0 saturated carbocycles. The van der Waals surface area contributed by atoms with Crippen LogP contribution in [0.4, 0.5) is 5.69 Å². The molecular formula is C14H13Cl2NO. The van der Waals surface area contributed by atoms with Gasteiger partial charge in [-0.1, -0.05) is 35.9 Å². The summed E-state index contributed by atoms with van der Waals surface area (Å²) in [5.41, 5.74) is 2.18. The van der Waals surface area contributed by atoms with Gasteiger partial charge < -0.3 is 10.1 Å². The Morgan fingerprint density at radius 1 is 1.11 bits per heavy atom. The van der Waals surface area contributed by atoms with Crippen LogP contribution in [0.3, 0.4) is 0 Å². The molecule has 1 heterocycles. The van der Waals surface area contributed by atoms with Crippen molar-refractivity contribution in [3.05, 3.63) is 59.1 Å². The van der Waals surface area contributed by atoms with Crippen LogP contribution in [0.1, 0.15) is 11.6 Å². The summed E-state index contributed by atoms with van der Waals surface area (Å²) in [4.78, 5) is 0. The van der Waals surface area contributed by atoms with Crippen LogP contribution in [0.15, 0.2) is 48.5 Å². The number of hydrogen-bond acceptors (Lipinski definition) is 2. The number of ether oxygens (including phenoxy) is 1. The van der Waals surface area contributed by atoms with E-state index in [-0.39, 0.29) is 18.4 Å². The van der Waals surface area contributed by atoms with Crippen molar-refractivity contribution >= 4 is 29.7 Å². The van der Waals surface area contributed by atoms with Gasteiger partial charge in [0.15, 0.2) is 0 Å². The molecule has 3 rings (SSSR count). The Labute approximate surface area is 117 Å². The second-order valence-corrected chi connectivity index (χ2v) is 4.50. The summed E-state index contributed by atoms with van der Waals surface area (Å²) in [5, 5.41) is 4.21. The van der Waals surface area contributed by atoms with E-state index >= 15 is 0 Å². The lowest BCUT2D eigenvalue weighted by molar-refractivity contribution is 0.286. The maximum Gasteiger partial charge on any atom is 0.142 e. The molecule has 0 bridgehead atoms. The van der Waals surface area contributed by atoms with Gasteiger partial charge in [-0.25, -0.2) is 0 Å². The molecule has 2 aromatic carbocycles. The van der Waals surface area contributed by atoms with Crippen molar-refractivity contribution in [1.82, 2.24) is 0 Å². The number of halogens is 2. The zero-order valence-electron chi connectivity index (χ0n) is 9.60. The molecule has 0 spiro atoms. The number of rotatable bonds is 1. The predicted octanol–water partition coefficient (Wildman–Crippen LogP) is 4.31. The fraction of sp³-hybridized carbons (Fsp3) is 0.143. The number of benzene rings is 2. The van der Waals surface area contributed by atoms with E-state index in [9.17, 15) is 0 Å². The molecule has 0 saturated heterocycles. The van der Waals surface area contributed by atoms with Crippen LogP contribution in [0.2, 0.25) is 5.02 Å². The van der Waals surface area contributed by atoms with Gasteiger partial charge in [0.2, 0.25) is 0 Å². The number of fused-ring (bicyclic) bond motifs is 1. The van der Waals surface area contributed by atoms with Crippen LogP contribution in [0.5, 0.6) is 5.75 Å². The highest BCUT2D eigenvalue weighted by atomic mass is 35.5. The molecule has 18 heavy (non-hydrogen) atoms. The van der Waals surface area contributed by atoms with E-state index in [2.05, 4.69) is 11.4 Å². The van der Waals surface area contributed by atoms with Crippen molar-refractivity contribution in [2.45, 2.75) is 6.04 Å². The quantitative estimate of drug-likeness (QED) is 0.841. The van der Waals surface area contributed by atoms with Crippen molar-refractivity contribution < 1.29 is 4.74 Å². The number of nitrogens with one attached hydrogen (secondary N) is 1. The Morgan fingerprint density at radius 2 is 1.94 bits per heavy atom. The van der Waals surface area contributed by atoms with Gasteiger partial charge in [-0.05, 0) is 29.8 Å². The van der Waals surface area contributed by atoms with Gasteiger partial charge in [-0.2, -0.15) is 0 Å². The zero-order chi connectivity index (χ0) is 11.7. The average molecular weight is 282 g/mol. The molecule has 0 aliphatic carbocycles. The maximum absolute atomic E-state index is 6.00. The Kier molecular flexibility index (Phi) is 4.00. The van der Waals surface area contributed by atoms with Crippen molar-refractivity contribution in [3.8, 4) is 5.75 Å². The average Bonchev–Trinajstić information content (AvgIpc) is 2.38. The predicted molar refractivity (Wildman–Crippen MR) is 77.0 cm³/mol. The van der Waals surface area contributed by atoms with E-state index in [0.29, 0.717) is 6.61 Å². The molecule has 1 N–H and O–H groups in total. The number of anilines is 1. The highest BCUT2D eigenvalue weighted by Gasteiger charge is 2.19. The second kappa shape index (κ2) is 5.51. The SMILES string of the molecule is Cl.Clc1cccc(C2COc3ccccc3N2)c1. The highest BCUT2D eigenvalue weighted by Crippen LogP contribution is 2.33. The van der Waals surface area contributed by atoms with Gasteiger partial charge in [0.05, 0.1) is 11.7 Å². The molecule has 4 heteroatoms. The Morgan fingerprint density at radius 3 is 2.78 bits per heavy atom. The van der Waals surface area contributed by atoms with E-state index in [0.717, 1.165) is 22.0 Å². The Bertz CT molecular complexity index is 545. The van der Waals surface area contributed by atoms with Gasteiger partial charge in [0, 0.05) is 5.02 Å². The minimum atomic E-state index is 0. The first-order valence-corrected chi connectivity index (χ1v) is 5.94. The van der Waals surface area contributed by atoms with Gasteiger partial charge in [0.25, 0.3) is 0 Å². The smallest absolute Gasteiger partial charge is 0.142 e. The van der Waals surface area contributed by atoms with Gasteiger partial charge in [-0.15, -0.1) is 12.4 Å². The third-order valence-corrected chi connectivity index (χ3v) is 3.11. The molecule has 1 aliphatic heterocycles. The third kappa shape index (κ3) is 2.55. The lowest BCUT2D eigenvalue weighted by Gasteiger charge is -2.27. The van der Waals surface area contributed by atoms with E-state index in [4.69, 9.17) is 16.3 Å². The van der Waals surface area contributed by atoms with E-state index in [1.807, 2.05) is 42.5 Å². The van der Waals surface area contributed by atoms with Crippen LogP contribution in [-0.4, -0.2) is 6.61 Å². The number of hydrogen-bond donors (Lipinski definition) is 1. The van der Waals surface area contributed by atoms with Crippen molar-refractivity contribution in [1.29, 1.82) is 0 Å². The maximum atomic E-state index is 6.00. The van der Waals surface area contributed by atoms with Crippen LogP contribution >= 0.6 is 24.0 Å². The topological polar surface area (TPSA) is 21.3 Å². The summed E-state index contributed by atoms with van der Waals surface area (Å²) >= 11 is 6.00. The van der Waals surface area contributed by atoms with Crippen molar-refractivity contribution in [2.75, 3.05) is 11.9 Å². The zero-order valence-corrected chi connectivity index (χ0v) is 11.2. The van der Waals surface area contributed by atoms with Crippen LogP contribution in [0, 0.1) is 0 Å². The molecule has 1 unspecified atom stereocenters. The van der Waals surface area contributed by atoms with E-state index in [1.165, 1.54) is 0 Å². The van der Waals surface area contributed by atoms with Gasteiger partial charge in [0.1, 0.15) is 12.4 Å². The lowest BCUT2D eigenvalue weighted by Crippen LogP contribution is -2.23. The summed E-state index contributed by atoms with van der Waals surface area (Å²) in [6.45, 7) is 0.622. The molecule has 0 amide bonds. The molecule has 1 aliphatic rings. The first-order chi connectivity index (χ1) is 8.33. The fourth-order valence-corrected chi connectivity index (χ4v) is 2.22. The third-order valence-electron chi connectivity index (χ3n) is 2.87. The van der Waals surface area contributed by atoms with E-state index < -0.39 is 0 Å². The molecule has 0 aromatic heterocycles. The lowest BCUT2D eigenvalue weighted by atomic mass is 10.1. The monoisotopic (exact) mass is 281 g/mol. The molecule has 94 valence electrons. The molecule has 1 atom stereocenters. The highest BCUT2D eigenvalue weighted by molar-refractivity contribution is 6.30. The molecule has 2 nitrogen and oxygen atoms in total. The molecular weight excluding hydrogens is 269 g/mol. The van der Waals surface area contributed by atoms with Crippen LogP contribution in [0.25, 0.3) is 0 Å². The summed E-state index contributed by atoms with van der Waals surface area (Å²) in [5.74, 6) is 0.908. The van der Waals surface area contributed by atoms with Crippen LogP contribution < -0.4 is 10.1 Å². The summed E-state index contributed by atoms with van der Waals surface area (Å²) in [7, 11) is 0. The fourth-order valence-electron chi connectivity index (χ4n) is 2.02. The van der Waals surface area contributed by atoms with Gasteiger partial charge in [-0.3, -0.25) is 0 Å². The largest absolute Gasteiger partial charge is 0.489 e. The number of para-hydroxylation sites is 2. The van der Waals surface area contributed by atoms with Crippen molar-refractivity contribution in [3.63, 3.8) is 0 Å². The molecule has 0 radical (unpaired) electrons. The minimum absolute atomic E-state index is 0. The summed E-state index contributed by atoms with van der Waals surface area (Å²) < 4.78 is 5.72. The van der Waals surface area contributed by atoms with Crippen molar-refractivity contribution in [2.24, 2.45) is 0 Å². The minimum Gasteiger partial charge on any atom is -0.489 e. The Hall–Kier alpha value is -1.38. The first kappa shape index (κ1) is 13.1. The normalized spacial score (nSPS) is 16.8. The summed E-state index contributed by atoms with van der Waals surface area (Å²) in [6, 6.07) is 16.0. The summed E-state index contributed by atoms with van der Waals surface area (Å²) in [6.07, 6.45) is 0. The second-order valence-electron chi connectivity index (χ2n) is 4.06. The first-order valence-electron chi connectivity index (χ1n) is 5.57. The van der Waals surface area contributed by atoms with E-state index in [1.54, 1.807) is 0 Å². The molecule has 0 fully saturated rings. The van der Waals surface area contributed by atoms with Crippen LogP contribution in [-0.2, 0) is 0 Å². The Balaban J connectivity index is 0.00000120. The van der Waals surface area contributed by atoms with Gasteiger partial charge >= 0.3 is 0 Å².